The lowest BCUT2D eigenvalue weighted by molar-refractivity contribution is 0.157. The van der Waals surface area contributed by atoms with Gasteiger partial charge in [-0.2, -0.15) is 5.10 Å². The molecule has 2 unspecified atom stereocenters. The van der Waals surface area contributed by atoms with Gasteiger partial charge in [0.15, 0.2) is 11.3 Å². The SMILES string of the molecule is CCN1C(=O)N(CC)C2C1NC(=S)N2/N=C/C=C/c1cccs1. The number of hydrogen-bond acceptors (Lipinski definition) is 4. The zero-order valence-corrected chi connectivity index (χ0v) is 14.7. The first-order valence-corrected chi connectivity index (χ1v) is 8.87. The van der Waals surface area contributed by atoms with Crippen LogP contribution in [0.1, 0.15) is 18.7 Å². The molecular weight excluding hydrogens is 330 g/mol. The lowest BCUT2D eigenvalue weighted by Crippen LogP contribution is -2.43. The van der Waals surface area contributed by atoms with E-state index in [1.54, 1.807) is 32.4 Å². The van der Waals surface area contributed by atoms with Crippen LogP contribution >= 0.6 is 23.6 Å². The number of hydrogen-bond donors (Lipinski definition) is 1. The molecule has 0 aliphatic carbocycles. The van der Waals surface area contributed by atoms with Crippen molar-refractivity contribution >= 4 is 47.0 Å². The van der Waals surface area contributed by atoms with Gasteiger partial charge in [-0.25, -0.2) is 9.80 Å². The molecule has 2 amide bonds. The minimum Gasteiger partial charge on any atom is -0.337 e. The minimum atomic E-state index is -0.189. The van der Waals surface area contributed by atoms with Gasteiger partial charge in [0.2, 0.25) is 0 Å². The number of carbonyl (C=O) groups is 1. The predicted molar refractivity (Wildman–Crippen MR) is 97.1 cm³/mol. The van der Waals surface area contributed by atoms with Crippen LogP contribution in [0.15, 0.2) is 28.7 Å². The predicted octanol–water partition coefficient (Wildman–Crippen LogP) is 2.37. The van der Waals surface area contributed by atoms with Crippen LogP contribution in [-0.2, 0) is 0 Å². The summed E-state index contributed by atoms with van der Waals surface area (Å²) in [5, 5.41) is 11.9. The van der Waals surface area contributed by atoms with Crippen LogP contribution in [-0.4, -0.2) is 57.6 Å². The maximum absolute atomic E-state index is 12.4. The topological polar surface area (TPSA) is 51.2 Å². The number of thiophene rings is 1. The fraction of sp³-hybridized carbons (Fsp3) is 0.400. The number of thiocarbonyl (C=S) groups is 1. The average molecular weight is 349 g/mol. The molecule has 1 aromatic heterocycles. The molecule has 0 aromatic carbocycles. The van der Waals surface area contributed by atoms with Crippen LogP contribution in [0.25, 0.3) is 6.08 Å². The number of fused-ring (bicyclic) bond motifs is 1. The molecule has 2 atom stereocenters. The van der Waals surface area contributed by atoms with Crippen molar-refractivity contribution in [3.8, 4) is 0 Å². The van der Waals surface area contributed by atoms with E-state index in [0.717, 1.165) is 0 Å². The van der Waals surface area contributed by atoms with E-state index in [1.807, 2.05) is 43.5 Å². The van der Waals surface area contributed by atoms with Crippen LogP contribution < -0.4 is 5.32 Å². The van der Waals surface area contributed by atoms with Crippen molar-refractivity contribution in [1.29, 1.82) is 0 Å². The zero-order valence-electron chi connectivity index (χ0n) is 13.0. The summed E-state index contributed by atoms with van der Waals surface area (Å²) in [4.78, 5) is 17.1. The van der Waals surface area contributed by atoms with E-state index < -0.39 is 0 Å². The Morgan fingerprint density at radius 3 is 2.83 bits per heavy atom. The number of nitrogens with zero attached hydrogens (tertiary/aromatic N) is 4. The molecule has 1 aromatic rings. The van der Waals surface area contributed by atoms with E-state index in [1.165, 1.54) is 4.88 Å². The zero-order chi connectivity index (χ0) is 16.4. The highest BCUT2D eigenvalue weighted by Crippen LogP contribution is 2.28. The van der Waals surface area contributed by atoms with E-state index in [4.69, 9.17) is 12.2 Å². The molecule has 0 bridgehead atoms. The molecule has 1 N–H and O–H groups in total. The molecule has 2 aliphatic rings. The Kier molecular flexibility index (Phi) is 4.63. The minimum absolute atomic E-state index is 0.0225. The molecule has 2 saturated heterocycles. The molecule has 122 valence electrons. The fourth-order valence-corrected chi connectivity index (χ4v) is 3.77. The maximum atomic E-state index is 12.4. The summed E-state index contributed by atoms with van der Waals surface area (Å²) < 4.78 is 0. The van der Waals surface area contributed by atoms with E-state index >= 15 is 0 Å². The Morgan fingerprint density at radius 2 is 2.17 bits per heavy atom. The monoisotopic (exact) mass is 349 g/mol. The van der Waals surface area contributed by atoms with Gasteiger partial charge in [-0.15, -0.1) is 11.3 Å². The smallest absolute Gasteiger partial charge is 0.323 e. The van der Waals surface area contributed by atoms with Gasteiger partial charge in [0.05, 0.1) is 0 Å². The van der Waals surface area contributed by atoms with Gasteiger partial charge in [-0.1, -0.05) is 6.07 Å². The largest absolute Gasteiger partial charge is 0.337 e. The Labute approximate surface area is 145 Å². The number of likely N-dealkylation sites (N-methyl/N-ethyl adjacent to an activating group) is 2. The number of urea groups is 1. The van der Waals surface area contributed by atoms with Crippen molar-refractivity contribution in [3.05, 3.63) is 28.5 Å². The second-order valence-electron chi connectivity index (χ2n) is 5.15. The molecule has 8 heteroatoms. The van der Waals surface area contributed by atoms with Crippen molar-refractivity contribution in [2.24, 2.45) is 5.10 Å². The molecule has 6 nitrogen and oxygen atoms in total. The first-order chi connectivity index (χ1) is 11.2. The van der Waals surface area contributed by atoms with Crippen LogP contribution in [0, 0.1) is 0 Å². The first-order valence-electron chi connectivity index (χ1n) is 7.58. The van der Waals surface area contributed by atoms with Gasteiger partial charge in [0, 0.05) is 24.2 Å². The third-order valence-electron chi connectivity index (χ3n) is 3.92. The number of hydrazone groups is 1. The molecule has 0 spiro atoms. The highest BCUT2D eigenvalue weighted by Gasteiger charge is 2.53. The molecule has 2 aliphatic heterocycles. The van der Waals surface area contributed by atoms with Crippen molar-refractivity contribution in [2.45, 2.75) is 26.2 Å². The standard InChI is InChI=1S/C15H19N5OS2/c1-3-18-12-13(19(4-2)15(18)21)20(14(22)17-12)16-9-5-7-11-8-6-10-23-11/h5-10,12-13H,3-4H2,1-2H3,(H,17,22)/b7-5+,16-9+. The van der Waals surface area contributed by atoms with Crippen LogP contribution in [0.4, 0.5) is 4.79 Å². The van der Waals surface area contributed by atoms with Crippen LogP contribution in [0.5, 0.6) is 0 Å². The van der Waals surface area contributed by atoms with Crippen molar-refractivity contribution in [1.82, 2.24) is 20.1 Å². The van der Waals surface area contributed by atoms with Crippen LogP contribution in [0.2, 0.25) is 0 Å². The average Bonchev–Trinajstić information content (AvgIpc) is 3.21. The molecule has 0 radical (unpaired) electrons. The summed E-state index contributed by atoms with van der Waals surface area (Å²) in [6.07, 6.45) is 5.26. The van der Waals surface area contributed by atoms with E-state index in [-0.39, 0.29) is 18.4 Å². The Balaban J connectivity index is 1.76. The Hall–Kier alpha value is -1.93. The number of nitrogens with one attached hydrogen (secondary N) is 1. The summed E-state index contributed by atoms with van der Waals surface area (Å²) in [6.45, 7) is 5.20. The molecular formula is C15H19N5OS2. The summed E-state index contributed by atoms with van der Waals surface area (Å²) in [5.74, 6) is 0. The van der Waals surface area contributed by atoms with Gasteiger partial charge in [0.1, 0.15) is 6.17 Å². The second kappa shape index (κ2) is 6.67. The Bertz CT molecular complexity index is 642. The van der Waals surface area contributed by atoms with Crippen LogP contribution in [0.3, 0.4) is 0 Å². The highest BCUT2D eigenvalue weighted by atomic mass is 32.1. The third kappa shape index (κ3) is 2.84. The fourth-order valence-electron chi connectivity index (χ4n) is 2.87. The molecule has 2 fully saturated rings. The van der Waals surface area contributed by atoms with E-state index in [0.29, 0.717) is 18.2 Å². The second-order valence-corrected chi connectivity index (χ2v) is 6.51. The van der Waals surface area contributed by atoms with E-state index in [9.17, 15) is 4.79 Å². The summed E-state index contributed by atoms with van der Waals surface area (Å²) in [5.41, 5.74) is 0. The van der Waals surface area contributed by atoms with Crippen molar-refractivity contribution < 1.29 is 4.79 Å². The molecule has 3 rings (SSSR count). The van der Waals surface area contributed by atoms with Crippen molar-refractivity contribution in [2.75, 3.05) is 13.1 Å². The normalized spacial score (nSPS) is 24.3. The number of rotatable bonds is 5. The lowest BCUT2D eigenvalue weighted by Gasteiger charge is -2.25. The molecule has 3 heterocycles. The third-order valence-corrected chi connectivity index (χ3v) is 5.06. The summed E-state index contributed by atoms with van der Waals surface area (Å²) >= 11 is 7.05. The van der Waals surface area contributed by atoms with Gasteiger partial charge in [-0.05, 0) is 49.7 Å². The van der Waals surface area contributed by atoms with Gasteiger partial charge >= 0.3 is 6.03 Å². The summed E-state index contributed by atoms with van der Waals surface area (Å²) in [7, 11) is 0. The number of amides is 2. The number of allylic oxidation sites excluding steroid dienone is 1. The maximum Gasteiger partial charge on any atom is 0.323 e. The highest BCUT2D eigenvalue weighted by molar-refractivity contribution is 7.80. The van der Waals surface area contributed by atoms with Gasteiger partial charge < -0.3 is 10.2 Å². The lowest BCUT2D eigenvalue weighted by atomic mass is 10.4. The molecule has 23 heavy (non-hydrogen) atoms. The van der Waals surface area contributed by atoms with Gasteiger partial charge in [-0.3, -0.25) is 4.90 Å². The summed E-state index contributed by atoms with van der Waals surface area (Å²) in [6, 6.07) is 4.07. The van der Waals surface area contributed by atoms with E-state index in [2.05, 4.69) is 10.4 Å². The first kappa shape index (κ1) is 15.9. The van der Waals surface area contributed by atoms with Gasteiger partial charge in [0.25, 0.3) is 0 Å². The quantitative estimate of drug-likeness (QED) is 0.655. The molecule has 0 saturated carbocycles. The van der Waals surface area contributed by atoms with Crippen molar-refractivity contribution in [3.63, 3.8) is 0 Å². The Morgan fingerprint density at radius 1 is 1.39 bits per heavy atom. The number of carbonyl (C=O) groups excluding carboxylic acids is 1.